The van der Waals surface area contributed by atoms with Gasteiger partial charge in [0, 0.05) is 12.6 Å². The Labute approximate surface area is 122 Å². The lowest BCUT2D eigenvalue weighted by molar-refractivity contribution is -0.123. The molecule has 0 radical (unpaired) electrons. The molecule has 0 aromatic heterocycles. The average Bonchev–Trinajstić information content (AvgIpc) is 2.93. The SMILES string of the molecule is CC1CCC(O)(CNC(C)C(=O)NC2CCCC2)CC1. The molecule has 116 valence electrons. The Balaban J connectivity index is 1.70. The topological polar surface area (TPSA) is 61.4 Å². The maximum absolute atomic E-state index is 12.1. The molecule has 1 atom stereocenters. The maximum atomic E-state index is 12.1. The first-order valence-electron chi connectivity index (χ1n) is 8.25. The second-order valence-electron chi connectivity index (χ2n) is 7.00. The van der Waals surface area contributed by atoms with Crippen LogP contribution in [0.15, 0.2) is 0 Å². The molecule has 20 heavy (non-hydrogen) atoms. The molecule has 2 saturated carbocycles. The van der Waals surface area contributed by atoms with Gasteiger partial charge in [0.25, 0.3) is 0 Å². The van der Waals surface area contributed by atoms with Crippen LogP contribution in [-0.4, -0.2) is 35.2 Å². The van der Waals surface area contributed by atoms with Crippen molar-refractivity contribution in [2.24, 2.45) is 5.92 Å². The van der Waals surface area contributed by atoms with Gasteiger partial charge in [-0.15, -0.1) is 0 Å². The van der Waals surface area contributed by atoms with E-state index in [1.165, 1.54) is 12.8 Å². The van der Waals surface area contributed by atoms with E-state index >= 15 is 0 Å². The minimum atomic E-state index is -0.617. The summed E-state index contributed by atoms with van der Waals surface area (Å²) < 4.78 is 0. The number of amides is 1. The van der Waals surface area contributed by atoms with Gasteiger partial charge in [-0.1, -0.05) is 19.8 Å². The summed E-state index contributed by atoms with van der Waals surface area (Å²) in [7, 11) is 0. The van der Waals surface area contributed by atoms with Crippen LogP contribution in [0.5, 0.6) is 0 Å². The minimum Gasteiger partial charge on any atom is -0.389 e. The first kappa shape index (κ1) is 15.8. The van der Waals surface area contributed by atoms with E-state index in [9.17, 15) is 9.90 Å². The highest BCUT2D eigenvalue weighted by molar-refractivity contribution is 5.81. The number of carbonyl (C=O) groups excluding carboxylic acids is 1. The van der Waals surface area contributed by atoms with Gasteiger partial charge in [0.2, 0.25) is 5.91 Å². The molecule has 0 heterocycles. The molecular formula is C16H30N2O2. The molecule has 2 fully saturated rings. The fraction of sp³-hybridized carbons (Fsp3) is 0.938. The van der Waals surface area contributed by atoms with Crippen molar-refractivity contribution in [1.82, 2.24) is 10.6 Å². The van der Waals surface area contributed by atoms with Crippen molar-refractivity contribution in [1.29, 1.82) is 0 Å². The molecular weight excluding hydrogens is 252 g/mol. The number of aliphatic hydroxyl groups is 1. The van der Waals surface area contributed by atoms with E-state index in [1.807, 2.05) is 6.92 Å². The highest BCUT2D eigenvalue weighted by atomic mass is 16.3. The van der Waals surface area contributed by atoms with Crippen molar-refractivity contribution in [3.63, 3.8) is 0 Å². The summed E-state index contributed by atoms with van der Waals surface area (Å²) >= 11 is 0. The van der Waals surface area contributed by atoms with Crippen molar-refractivity contribution >= 4 is 5.91 Å². The van der Waals surface area contributed by atoms with Crippen LogP contribution in [0, 0.1) is 5.92 Å². The van der Waals surface area contributed by atoms with Crippen molar-refractivity contribution < 1.29 is 9.90 Å². The van der Waals surface area contributed by atoms with E-state index in [1.54, 1.807) is 0 Å². The zero-order valence-corrected chi connectivity index (χ0v) is 13.0. The highest BCUT2D eigenvalue weighted by Crippen LogP contribution is 2.31. The summed E-state index contributed by atoms with van der Waals surface area (Å²) in [6.07, 6.45) is 8.54. The molecule has 0 bridgehead atoms. The molecule has 2 aliphatic carbocycles. The van der Waals surface area contributed by atoms with Gasteiger partial charge in [-0.3, -0.25) is 4.79 Å². The zero-order chi connectivity index (χ0) is 14.6. The third kappa shape index (κ3) is 4.45. The van der Waals surface area contributed by atoms with Crippen molar-refractivity contribution in [3.05, 3.63) is 0 Å². The van der Waals surface area contributed by atoms with Crippen LogP contribution in [0.4, 0.5) is 0 Å². The monoisotopic (exact) mass is 282 g/mol. The molecule has 0 spiro atoms. The normalized spacial score (nSPS) is 33.0. The van der Waals surface area contributed by atoms with Gasteiger partial charge in [-0.2, -0.15) is 0 Å². The zero-order valence-electron chi connectivity index (χ0n) is 13.0. The number of carbonyl (C=O) groups is 1. The van der Waals surface area contributed by atoms with Crippen molar-refractivity contribution in [2.75, 3.05) is 6.54 Å². The van der Waals surface area contributed by atoms with Gasteiger partial charge >= 0.3 is 0 Å². The molecule has 1 amide bonds. The van der Waals surface area contributed by atoms with Crippen LogP contribution in [0.25, 0.3) is 0 Å². The third-order valence-electron chi connectivity index (χ3n) is 5.04. The number of rotatable bonds is 5. The van der Waals surface area contributed by atoms with Crippen molar-refractivity contribution in [3.8, 4) is 0 Å². The molecule has 0 aromatic rings. The van der Waals surface area contributed by atoms with Gasteiger partial charge in [-0.05, 0) is 51.4 Å². The first-order chi connectivity index (χ1) is 9.48. The second kappa shape index (κ2) is 6.90. The van der Waals surface area contributed by atoms with Gasteiger partial charge in [0.1, 0.15) is 0 Å². The second-order valence-corrected chi connectivity index (χ2v) is 7.00. The molecule has 0 aromatic carbocycles. The van der Waals surface area contributed by atoms with Crippen LogP contribution < -0.4 is 10.6 Å². The van der Waals surface area contributed by atoms with Crippen molar-refractivity contribution in [2.45, 2.75) is 82.9 Å². The van der Waals surface area contributed by atoms with Crippen LogP contribution in [-0.2, 0) is 4.79 Å². The number of nitrogens with one attached hydrogen (secondary N) is 2. The Bertz CT molecular complexity index is 318. The summed E-state index contributed by atoms with van der Waals surface area (Å²) in [6.45, 7) is 4.66. The Kier molecular flexibility index (Phi) is 5.44. The lowest BCUT2D eigenvalue weighted by atomic mass is 9.79. The summed E-state index contributed by atoms with van der Waals surface area (Å²) in [5, 5.41) is 16.8. The number of hydrogen-bond acceptors (Lipinski definition) is 3. The largest absolute Gasteiger partial charge is 0.389 e. The van der Waals surface area contributed by atoms with Crippen LogP contribution in [0.2, 0.25) is 0 Å². The van der Waals surface area contributed by atoms with E-state index in [2.05, 4.69) is 17.6 Å². The summed E-state index contributed by atoms with van der Waals surface area (Å²) in [5.74, 6) is 0.794. The van der Waals surface area contributed by atoms with E-state index in [0.29, 0.717) is 12.6 Å². The van der Waals surface area contributed by atoms with Crippen LogP contribution in [0.3, 0.4) is 0 Å². The average molecular weight is 282 g/mol. The molecule has 0 saturated heterocycles. The maximum Gasteiger partial charge on any atom is 0.237 e. The van der Waals surface area contributed by atoms with E-state index in [4.69, 9.17) is 0 Å². The molecule has 4 heteroatoms. The van der Waals surface area contributed by atoms with Crippen LogP contribution in [0.1, 0.15) is 65.2 Å². The summed E-state index contributed by atoms with van der Waals surface area (Å²) in [4.78, 5) is 12.1. The van der Waals surface area contributed by atoms with Gasteiger partial charge in [0.05, 0.1) is 11.6 Å². The summed E-state index contributed by atoms with van der Waals surface area (Å²) in [6, 6.07) is 0.143. The predicted molar refractivity (Wildman–Crippen MR) is 80.4 cm³/mol. The fourth-order valence-electron chi connectivity index (χ4n) is 3.31. The molecule has 0 aliphatic heterocycles. The quantitative estimate of drug-likeness (QED) is 0.722. The number of hydrogen-bond donors (Lipinski definition) is 3. The third-order valence-corrected chi connectivity index (χ3v) is 5.04. The highest BCUT2D eigenvalue weighted by Gasteiger charge is 2.32. The van der Waals surface area contributed by atoms with Crippen LogP contribution >= 0.6 is 0 Å². The smallest absolute Gasteiger partial charge is 0.237 e. The van der Waals surface area contributed by atoms with Gasteiger partial charge in [-0.25, -0.2) is 0 Å². The van der Waals surface area contributed by atoms with E-state index in [-0.39, 0.29) is 11.9 Å². The Morgan fingerprint density at radius 1 is 1.25 bits per heavy atom. The molecule has 3 N–H and O–H groups in total. The lowest BCUT2D eigenvalue weighted by Gasteiger charge is -2.35. The Morgan fingerprint density at radius 3 is 2.45 bits per heavy atom. The Hall–Kier alpha value is -0.610. The molecule has 2 aliphatic rings. The fourth-order valence-corrected chi connectivity index (χ4v) is 3.31. The van der Waals surface area contributed by atoms with Gasteiger partial charge < -0.3 is 15.7 Å². The predicted octanol–water partition coefficient (Wildman–Crippen LogP) is 1.96. The Morgan fingerprint density at radius 2 is 1.85 bits per heavy atom. The molecule has 1 unspecified atom stereocenters. The molecule has 2 rings (SSSR count). The van der Waals surface area contributed by atoms with E-state index < -0.39 is 5.60 Å². The summed E-state index contributed by atoms with van der Waals surface area (Å²) in [5.41, 5.74) is -0.617. The minimum absolute atomic E-state index is 0.0738. The van der Waals surface area contributed by atoms with E-state index in [0.717, 1.165) is 44.4 Å². The standard InChI is InChI=1S/C16H30N2O2/c1-12-7-9-16(20,10-8-12)11-17-13(2)15(19)18-14-5-3-4-6-14/h12-14,17,20H,3-11H2,1-2H3,(H,18,19). The lowest BCUT2D eigenvalue weighted by Crippen LogP contribution is -2.51. The molecule has 4 nitrogen and oxygen atoms in total. The first-order valence-corrected chi connectivity index (χ1v) is 8.25. The van der Waals surface area contributed by atoms with Gasteiger partial charge in [0.15, 0.2) is 0 Å².